The van der Waals surface area contributed by atoms with Crippen LogP contribution >= 0.6 is 0 Å². The third kappa shape index (κ3) is 5.15. The number of nitrogens with zero attached hydrogens (tertiary/aromatic N) is 1. The Morgan fingerprint density at radius 3 is 2.62 bits per heavy atom. The summed E-state index contributed by atoms with van der Waals surface area (Å²) in [6.07, 6.45) is 1.31. The summed E-state index contributed by atoms with van der Waals surface area (Å²) < 4.78 is 5.94. The van der Waals surface area contributed by atoms with Crippen molar-refractivity contribution in [3.8, 4) is 0 Å². The topological polar surface area (TPSA) is 28.4 Å². The Labute approximate surface area is 130 Å². The highest BCUT2D eigenvalue weighted by atomic mass is 16.3. The first-order valence-corrected chi connectivity index (χ1v) is 8.35. The molecule has 1 fully saturated rings. The fourth-order valence-electron chi connectivity index (χ4n) is 2.99. The molecule has 1 saturated heterocycles. The van der Waals surface area contributed by atoms with Gasteiger partial charge in [0, 0.05) is 6.54 Å². The Balaban J connectivity index is 1.78. The SMILES string of the molecule is CC(C)CNCc1ccc(CN2CCC(C(C)(C)C)C2)o1. The molecule has 3 heteroatoms. The van der Waals surface area contributed by atoms with Crippen molar-refractivity contribution in [2.24, 2.45) is 17.3 Å². The third-order valence-electron chi connectivity index (χ3n) is 4.45. The lowest BCUT2D eigenvalue weighted by Gasteiger charge is -2.26. The van der Waals surface area contributed by atoms with Gasteiger partial charge in [-0.2, -0.15) is 0 Å². The minimum absolute atomic E-state index is 0.420. The first kappa shape index (κ1) is 16.6. The lowest BCUT2D eigenvalue weighted by molar-refractivity contribution is 0.218. The normalized spacial score (nSPS) is 20.6. The monoisotopic (exact) mass is 292 g/mol. The maximum Gasteiger partial charge on any atom is 0.118 e. The fraction of sp³-hybridized carbons (Fsp3) is 0.778. The van der Waals surface area contributed by atoms with Crippen molar-refractivity contribution in [1.29, 1.82) is 0 Å². The Morgan fingerprint density at radius 2 is 2.00 bits per heavy atom. The van der Waals surface area contributed by atoms with Crippen LogP contribution in [-0.2, 0) is 13.1 Å². The molecule has 3 nitrogen and oxygen atoms in total. The highest BCUT2D eigenvalue weighted by molar-refractivity contribution is 5.07. The van der Waals surface area contributed by atoms with Gasteiger partial charge in [-0.05, 0) is 48.9 Å². The molecule has 2 heterocycles. The van der Waals surface area contributed by atoms with Crippen molar-refractivity contribution in [3.63, 3.8) is 0 Å². The van der Waals surface area contributed by atoms with Crippen LogP contribution in [0.5, 0.6) is 0 Å². The van der Waals surface area contributed by atoms with E-state index in [0.717, 1.165) is 37.1 Å². The molecule has 21 heavy (non-hydrogen) atoms. The smallest absolute Gasteiger partial charge is 0.118 e. The van der Waals surface area contributed by atoms with E-state index in [1.54, 1.807) is 0 Å². The molecule has 1 aliphatic heterocycles. The lowest BCUT2D eigenvalue weighted by Crippen LogP contribution is -2.25. The molecule has 1 unspecified atom stereocenters. The minimum Gasteiger partial charge on any atom is -0.463 e. The van der Waals surface area contributed by atoms with Crippen molar-refractivity contribution in [2.75, 3.05) is 19.6 Å². The van der Waals surface area contributed by atoms with E-state index in [4.69, 9.17) is 4.42 Å². The van der Waals surface area contributed by atoms with Gasteiger partial charge in [0.2, 0.25) is 0 Å². The van der Waals surface area contributed by atoms with Gasteiger partial charge in [-0.25, -0.2) is 0 Å². The molecular weight excluding hydrogens is 260 g/mol. The summed E-state index contributed by atoms with van der Waals surface area (Å²) in [5, 5.41) is 3.43. The van der Waals surface area contributed by atoms with Gasteiger partial charge in [-0.1, -0.05) is 34.6 Å². The number of rotatable bonds is 6. The maximum absolute atomic E-state index is 5.94. The molecule has 0 amide bonds. The Bertz CT molecular complexity index is 431. The molecule has 0 saturated carbocycles. The van der Waals surface area contributed by atoms with Gasteiger partial charge in [0.05, 0.1) is 13.1 Å². The van der Waals surface area contributed by atoms with Crippen molar-refractivity contribution >= 4 is 0 Å². The summed E-state index contributed by atoms with van der Waals surface area (Å²) >= 11 is 0. The van der Waals surface area contributed by atoms with Crippen LogP contribution in [0.3, 0.4) is 0 Å². The molecule has 2 rings (SSSR count). The zero-order valence-corrected chi connectivity index (χ0v) is 14.4. The van der Waals surface area contributed by atoms with Crippen LogP contribution in [0.4, 0.5) is 0 Å². The summed E-state index contributed by atoms with van der Waals surface area (Å²) in [6.45, 7) is 16.7. The van der Waals surface area contributed by atoms with Crippen LogP contribution in [0.1, 0.15) is 52.6 Å². The Kier molecular flexibility index (Phi) is 5.50. The first-order chi connectivity index (χ1) is 9.84. The van der Waals surface area contributed by atoms with E-state index in [2.05, 4.69) is 57.0 Å². The van der Waals surface area contributed by atoms with Crippen LogP contribution in [0, 0.1) is 17.3 Å². The van der Waals surface area contributed by atoms with Gasteiger partial charge < -0.3 is 9.73 Å². The number of likely N-dealkylation sites (tertiary alicyclic amines) is 1. The van der Waals surface area contributed by atoms with Crippen molar-refractivity contribution in [2.45, 2.75) is 54.1 Å². The fourth-order valence-corrected chi connectivity index (χ4v) is 2.99. The Morgan fingerprint density at radius 1 is 1.29 bits per heavy atom. The molecule has 0 bridgehead atoms. The standard InChI is InChI=1S/C18H32N2O/c1-14(2)10-19-11-16-6-7-17(21-16)13-20-9-8-15(12-20)18(3,4)5/h6-7,14-15,19H,8-13H2,1-5H3. The minimum atomic E-state index is 0.420. The largest absolute Gasteiger partial charge is 0.463 e. The van der Waals surface area contributed by atoms with Gasteiger partial charge in [0.25, 0.3) is 0 Å². The summed E-state index contributed by atoms with van der Waals surface area (Å²) in [5.41, 5.74) is 0.420. The lowest BCUT2D eigenvalue weighted by atomic mass is 9.80. The average molecular weight is 292 g/mol. The van der Waals surface area contributed by atoms with Crippen LogP contribution < -0.4 is 5.32 Å². The second kappa shape index (κ2) is 6.97. The van der Waals surface area contributed by atoms with E-state index in [1.807, 2.05) is 0 Å². The second-order valence-electron chi connectivity index (χ2n) is 7.98. The highest BCUT2D eigenvalue weighted by Crippen LogP contribution is 2.34. The third-order valence-corrected chi connectivity index (χ3v) is 4.45. The van der Waals surface area contributed by atoms with Gasteiger partial charge in [-0.15, -0.1) is 0 Å². The van der Waals surface area contributed by atoms with Crippen molar-refractivity contribution < 1.29 is 4.42 Å². The van der Waals surface area contributed by atoms with Gasteiger partial charge in [-0.3, -0.25) is 4.90 Å². The van der Waals surface area contributed by atoms with E-state index >= 15 is 0 Å². The molecule has 0 radical (unpaired) electrons. The zero-order chi connectivity index (χ0) is 15.5. The molecule has 0 aromatic carbocycles. The number of hydrogen-bond donors (Lipinski definition) is 1. The van der Waals surface area contributed by atoms with E-state index in [0.29, 0.717) is 11.3 Å². The second-order valence-corrected chi connectivity index (χ2v) is 7.98. The van der Waals surface area contributed by atoms with Crippen LogP contribution in [0.15, 0.2) is 16.5 Å². The summed E-state index contributed by atoms with van der Waals surface area (Å²) in [4.78, 5) is 2.53. The average Bonchev–Trinajstić information content (AvgIpc) is 2.98. The molecular formula is C18H32N2O. The number of hydrogen-bond acceptors (Lipinski definition) is 3. The van der Waals surface area contributed by atoms with Crippen molar-refractivity contribution in [1.82, 2.24) is 10.2 Å². The number of nitrogens with one attached hydrogen (secondary N) is 1. The van der Waals surface area contributed by atoms with Crippen LogP contribution in [0.25, 0.3) is 0 Å². The molecule has 1 atom stereocenters. The molecule has 1 aromatic heterocycles. The van der Waals surface area contributed by atoms with Gasteiger partial charge in [0.1, 0.15) is 11.5 Å². The van der Waals surface area contributed by atoms with Crippen LogP contribution in [-0.4, -0.2) is 24.5 Å². The first-order valence-electron chi connectivity index (χ1n) is 8.35. The van der Waals surface area contributed by atoms with E-state index in [1.165, 1.54) is 19.5 Å². The van der Waals surface area contributed by atoms with Gasteiger partial charge >= 0.3 is 0 Å². The summed E-state index contributed by atoms with van der Waals surface area (Å²) in [7, 11) is 0. The Hall–Kier alpha value is -0.800. The predicted molar refractivity (Wildman–Crippen MR) is 88.1 cm³/mol. The maximum atomic E-state index is 5.94. The van der Waals surface area contributed by atoms with Crippen LogP contribution in [0.2, 0.25) is 0 Å². The summed E-state index contributed by atoms with van der Waals surface area (Å²) in [6, 6.07) is 4.25. The number of furan rings is 1. The molecule has 1 aromatic rings. The quantitative estimate of drug-likeness (QED) is 0.862. The van der Waals surface area contributed by atoms with E-state index < -0.39 is 0 Å². The summed E-state index contributed by atoms with van der Waals surface area (Å²) in [5.74, 6) is 3.64. The molecule has 1 aliphatic rings. The van der Waals surface area contributed by atoms with Crippen molar-refractivity contribution in [3.05, 3.63) is 23.7 Å². The predicted octanol–water partition coefficient (Wildman–Crippen LogP) is 3.89. The molecule has 1 N–H and O–H groups in total. The van der Waals surface area contributed by atoms with E-state index in [-0.39, 0.29) is 0 Å². The molecule has 0 spiro atoms. The highest BCUT2D eigenvalue weighted by Gasteiger charge is 2.31. The zero-order valence-electron chi connectivity index (χ0n) is 14.4. The molecule has 0 aliphatic carbocycles. The molecule has 120 valence electrons. The van der Waals surface area contributed by atoms with E-state index in [9.17, 15) is 0 Å². The van der Waals surface area contributed by atoms with Gasteiger partial charge in [0.15, 0.2) is 0 Å².